The molecule has 1 aromatic carbocycles. The first-order chi connectivity index (χ1) is 17.7. The second-order valence-electron chi connectivity index (χ2n) is 10.0. The normalized spacial score (nSPS) is 23.3. The summed E-state index contributed by atoms with van der Waals surface area (Å²) in [6.07, 6.45) is 1.63. The fourth-order valence-corrected chi connectivity index (χ4v) is 7.48. The first kappa shape index (κ1) is 24.3. The molecule has 11 nitrogen and oxygen atoms in total. The molecule has 4 aliphatic rings. The molecule has 2 amide bonds. The van der Waals surface area contributed by atoms with Gasteiger partial charge in [0.1, 0.15) is 5.82 Å². The molecule has 4 fully saturated rings. The van der Waals surface area contributed by atoms with Crippen LogP contribution in [-0.4, -0.2) is 98.1 Å². The molecule has 5 heterocycles. The summed E-state index contributed by atoms with van der Waals surface area (Å²) in [7, 11) is -1.40. The van der Waals surface area contributed by atoms with Crippen LogP contribution in [0.1, 0.15) is 5.69 Å². The van der Waals surface area contributed by atoms with Crippen LogP contribution in [0.15, 0.2) is 46.2 Å². The minimum atomic E-state index is -3.49. The van der Waals surface area contributed by atoms with Crippen molar-refractivity contribution < 1.29 is 18.0 Å². The maximum Gasteiger partial charge on any atom is 0.290 e. The molecule has 1 spiro atoms. The highest BCUT2D eigenvalue weighted by atomic mass is 32.2. The van der Waals surface area contributed by atoms with E-state index in [9.17, 15) is 18.0 Å². The SMILES string of the molecule is CN1CCN(c2cc(/C=C3\SC(=O)NC3=O)nc(N3CC4(C3)CN(S(=O)(=O)c3ccccc3)C4)n2)CC1. The molecule has 4 aliphatic heterocycles. The second-order valence-corrected chi connectivity index (χ2v) is 13.0. The molecule has 0 saturated carbocycles. The Hall–Kier alpha value is -3.00. The molecule has 37 heavy (non-hydrogen) atoms. The van der Waals surface area contributed by atoms with Gasteiger partial charge < -0.3 is 14.7 Å². The number of hydrogen-bond donors (Lipinski definition) is 1. The van der Waals surface area contributed by atoms with Crippen molar-refractivity contribution in [3.8, 4) is 0 Å². The Bertz CT molecular complexity index is 1380. The molecule has 13 heteroatoms. The van der Waals surface area contributed by atoms with Crippen LogP contribution < -0.4 is 15.1 Å². The number of carbonyl (C=O) groups is 2. The molecule has 0 unspecified atom stereocenters. The monoisotopic (exact) mass is 541 g/mol. The Morgan fingerprint density at radius 3 is 2.32 bits per heavy atom. The number of thioether (sulfide) groups is 1. The third kappa shape index (κ3) is 4.60. The predicted molar refractivity (Wildman–Crippen MR) is 141 cm³/mol. The molecule has 4 saturated heterocycles. The van der Waals surface area contributed by atoms with Crippen molar-refractivity contribution in [2.75, 3.05) is 69.2 Å². The first-order valence-corrected chi connectivity index (χ1v) is 14.3. The molecule has 1 aromatic heterocycles. The molecule has 0 aliphatic carbocycles. The van der Waals surface area contributed by atoms with Crippen molar-refractivity contribution in [1.82, 2.24) is 24.5 Å². The lowest BCUT2D eigenvalue weighted by atomic mass is 9.74. The van der Waals surface area contributed by atoms with E-state index in [1.165, 1.54) is 4.31 Å². The van der Waals surface area contributed by atoms with Gasteiger partial charge in [-0.3, -0.25) is 14.9 Å². The number of rotatable bonds is 5. The first-order valence-electron chi connectivity index (χ1n) is 12.1. The summed E-state index contributed by atoms with van der Waals surface area (Å²) in [5, 5.41) is 1.88. The van der Waals surface area contributed by atoms with Crippen LogP contribution in [0.3, 0.4) is 0 Å². The highest BCUT2D eigenvalue weighted by Gasteiger charge is 2.56. The Morgan fingerprint density at radius 1 is 0.973 bits per heavy atom. The van der Waals surface area contributed by atoms with Gasteiger partial charge in [-0.2, -0.15) is 9.29 Å². The topological polar surface area (TPSA) is 119 Å². The number of likely N-dealkylation sites (N-methyl/N-ethyl adjacent to an activating group) is 1. The fourth-order valence-electron chi connectivity index (χ4n) is 5.13. The number of piperazine rings is 1. The van der Waals surface area contributed by atoms with Gasteiger partial charge in [0, 0.05) is 63.8 Å². The minimum Gasteiger partial charge on any atom is -0.354 e. The fraction of sp³-hybridized carbons (Fsp3) is 0.417. The van der Waals surface area contributed by atoms with Crippen LogP contribution in [0.4, 0.5) is 16.6 Å². The largest absolute Gasteiger partial charge is 0.354 e. The smallest absolute Gasteiger partial charge is 0.290 e. The quantitative estimate of drug-likeness (QED) is 0.551. The number of aromatic nitrogens is 2. The van der Waals surface area contributed by atoms with Crippen molar-refractivity contribution in [3.05, 3.63) is 47.0 Å². The maximum atomic E-state index is 12.9. The molecular formula is C24H27N7O4S2. The minimum absolute atomic E-state index is 0.110. The van der Waals surface area contributed by atoms with E-state index < -0.39 is 21.2 Å². The molecule has 1 N–H and O–H groups in total. The van der Waals surface area contributed by atoms with Crippen LogP contribution in [-0.2, 0) is 14.8 Å². The number of nitrogens with one attached hydrogen (secondary N) is 1. The highest BCUT2D eigenvalue weighted by molar-refractivity contribution is 8.18. The Morgan fingerprint density at radius 2 is 1.68 bits per heavy atom. The van der Waals surface area contributed by atoms with Crippen LogP contribution >= 0.6 is 11.8 Å². The van der Waals surface area contributed by atoms with E-state index in [2.05, 4.69) is 27.1 Å². The third-order valence-corrected chi connectivity index (χ3v) is 9.83. The van der Waals surface area contributed by atoms with Crippen LogP contribution in [0.25, 0.3) is 6.08 Å². The molecule has 2 aromatic rings. The van der Waals surface area contributed by atoms with E-state index >= 15 is 0 Å². The summed E-state index contributed by atoms with van der Waals surface area (Å²) < 4.78 is 27.4. The predicted octanol–water partition coefficient (Wildman–Crippen LogP) is 1.06. The van der Waals surface area contributed by atoms with Gasteiger partial charge in [0.15, 0.2) is 0 Å². The van der Waals surface area contributed by atoms with E-state index in [1.54, 1.807) is 36.4 Å². The molecule has 0 radical (unpaired) electrons. The van der Waals surface area contributed by atoms with Gasteiger partial charge >= 0.3 is 0 Å². The summed E-state index contributed by atoms with van der Waals surface area (Å²) in [6.45, 7) is 5.73. The molecular weight excluding hydrogens is 514 g/mol. The lowest BCUT2D eigenvalue weighted by molar-refractivity contribution is -0.115. The number of benzene rings is 1. The van der Waals surface area contributed by atoms with E-state index in [4.69, 9.17) is 9.97 Å². The van der Waals surface area contributed by atoms with E-state index in [-0.39, 0.29) is 5.41 Å². The van der Waals surface area contributed by atoms with Crippen LogP contribution in [0.5, 0.6) is 0 Å². The average molecular weight is 542 g/mol. The summed E-state index contributed by atoms with van der Waals surface area (Å²) in [5.41, 5.74) is 0.454. The van der Waals surface area contributed by atoms with Crippen molar-refractivity contribution in [1.29, 1.82) is 0 Å². The van der Waals surface area contributed by atoms with Crippen LogP contribution in [0, 0.1) is 5.41 Å². The summed E-state index contributed by atoms with van der Waals surface area (Å²) in [4.78, 5) is 40.4. The van der Waals surface area contributed by atoms with Gasteiger partial charge in [-0.05, 0) is 37.0 Å². The molecule has 194 valence electrons. The zero-order valence-corrected chi connectivity index (χ0v) is 22.0. The summed E-state index contributed by atoms with van der Waals surface area (Å²) in [5.74, 6) is 0.906. The summed E-state index contributed by atoms with van der Waals surface area (Å²) >= 11 is 0.862. The van der Waals surface area contributed by atoms with Gasteiger partial charge in [0.25, 0.3) is 11.1 Å². The van der Waals surface area contributed by atoms with E-state index in [1.807, 2.05) is 6.07 Å². The van der Waals surface area contributed by atoms with Crippen LogP contribution in [0.2, 0.25) is 0 Å². The Labute approximate surface area is 219 Å². The Balaban J connectivity index is 1.20. The number of anilines is 2. The van der Waals surface area contributed by atoms with Crippen molar-refractivity contribution in [2.45, 2.75) is 4.90 Å². The van der Waals surface area contributed by atoms with Gasteiger partial charge in [0.05, 0.1) is 15.5 Å². The number of amides is 2. The van der Waals surface area contributed by atoms with Gasteiger partial charge in [-0.1, -0.05) is 18.2 Å². The van der Waals surface area contributed by atoms with E-state index in [0.717, 1.165) is 43.8 Å². The van der Waals surface area contributed by atoms with Crippen molar-refractivity contribution >= 4 is 50.8 Å². The van der Waals surface area contributed by atoms with Crippen molar-refractivity contribution in [3.63, 3.8) is 0 Å². The number of carbonyl (C=O) groups excluding carboxylic acids is 2. The number of imide groups is 1. The van der Waals surface area contributed by atoms with E-state index in [0.29, 0.717) is 47.6 Å². The zero-order chi connectivity index (χ0) is 25.8. The molecule has 0 atom stereocenters. The summed E-state index contributed by atoms with van der Waals surface area (Å²) in [6, 6.07) is 10.4. The standard InChI is InChI=1S/C24H27N7O4S2/c1-28-7-9-29(10-8-28)20-12-17(11-19-21(32)27-23(33)36-19)25-22(26-20)30-13-24(14-30)15-31(16-24)37(34,35)18-5-3-2-4-6-18/h2-6,11-12H,7-10,13-16H2,1H3,(H,27,32,33)/b19-11-. The van der Waals surface area contributed by atoms with Gasteiger partial charge in [-0.15, -0.1) is 0 Å². The zero-order valence-electron chi connectivity index (χ0n) is 20.3. The molecule has 6 rings (SSSR count). The van der Waals surface area contributed by atoms with Crippen molar-refractivity contribution in [2.24, 2.45) is 5.41 Å². The average Bonchev–Trinajstić information content (AvgIpc) is 3.14. The number of sulfonamides is 1. The Kier molecular flexibility index (Phi) is 5.97. The van der Waals surface area contributed by atoms with Gasteiger partial charge in [0.2, 0.25) is 16.0 Å². The molecule has 0 bridgehead atoms. The second kappa shape index (κ2) is 9.08. The lowest BCUT2D eigenvalue weighted by Gasteiger charge is -2.59. The van der Waals surface area contributed by atoms with Gasteiger partial charge in [-0.25, -0.2) is 13.4 Å². The number of nitrogens with zero attached hydrogens (tertiary/aromatic N) is 6. The maximum absolute atomic E-state index is 12.9. The lowest BCUT2D eigenvalue weighted by Crippen LogP contribution is -2.73. The highest BCUT2D eigenvalue weighted by Crippen LogP contribution is 2.43. The third-order valence-electron chi connectivity index (χ3n) is 7.21. The number of hydrogen-bond acceptors (Lipinski definition) is 10.